The second-order valence-corrected chi connectivity index (χ2v) is 6.26. The molecular weight excluding hydrogens is 362 g/mol. The molecule has 0 atom stereocenters. The first-order valence-electron chi connectivity index (χ1n) is 8.73. The molecule has 2 aromatic rings. The Labute approximate surface area is 162 Å². The van der Waals surface area contributed by atoms with Gasteiger partial charge in [-0.25, -0.2) is 4.79 Å². The van der Waals surface area contributed by atoms with Gasteiger partial charge in [0.25, 0.3) is 0 Å². The minimum atomic E-state index is -0.637. The van der Waals surface area contributed by atoms with Gasteiger partial charge in [0.1, 0.15) is 6.07 Å². The highest BCUT2D eigenvalue weighted by Crippen LogP contribution is 2.25. The third-order valence-corrected chi connectivity index (χ3v) is 4.44. The van der Waals surface area contributed by atoms with E-state index in [0.717, 1.165) is 13.1 Å². The predicted molar refractivity (Wildman–Crippen MR) is 102 cm³/mol. The molecule has 0 aliphatic carbocycles. The lowest BCUT2D eigenvalue weighted by Gasteiger charge is -2.25. The van der Waals surface area contributed by atoms with Gasteiger partial charge in [-0.1, -0.05) is 0 Å². The molecule has 1 amide bonds. The zero-order valence-corrected chi connectivity index (χ0v) is 15.5. The molecule has 146 valence electrons. The molecule has 3 N–H and O–H groups in total. The van der Waals surface area contributed by atoms with Crippen molar-refractivity contribution in [2.24, 2.45) is 0 Å². The summed E-state index contributed by atoms with van der Waals surface area (Å²) in [6.07, 6.45) is 1.48. The lowest BCUT2D eigenvalue weighted by atomic mass is 10.2. The number of methoxy groups -OCH3 is 1. The van der Waals surface area contributed by atoms with Gasteiger partial charge in [0.15, 0.2) is 5.69 Å². The standard InChI is InChI=1S/C19H21N5O4/c1-27-19(26)18-17(21)13(10-20)11-24(18)15-4-2-14(3-5-15)22-16(25)12-23-6-8-28-9-7-23/h2-5,11H,6-9,12,21H2,1H3,(H,22,25). The van der Waals surface area contributed by atoms with Crippen molar-refractivity contribution in [1.29, 1.82) is 5.26 Å². The van der Waals surface area contributed by atoms with Gasteiger partial charge in [-0.15, -0.1) is 0 Å². The average Bonchev–Trinajstić information content (AvgIpc) is 3.05. The fourth-order valence-electron chi connectivity index (χ4n) is 2.99. The molecular formula is C19H21N5O4. The summed E-state index contributed by atoms with van der Waals surface area (Å²) in [7, 11) is 1.25. The molecule has 9 heteroatoms. The molecule has 0 radical (unpaired) electrons. The number of hydrogen-bond acceptors (Lipinski definition) is 7. The van der Waals surface area contributed by atoms with Crippen molar-refractivity contribution in [3.05, 3.63) is 41.7 Å². The Morgan fingerprint density at radius 1 is 1.29 bits per heavy atom. The molecule has 0 spiro atoms. The lowest BCUT2D eigenvalue weighted by molar-refractivity contribution is -0.118. The van der Waals surface area contributed by atoms with Gasteiger partial charge in [-0.05, 0) is 24.3 Å². The molecule has 0 saturated carbocycles. The number of morpholine rings is 1. The first-order valence-corrected chi connectivity index (χ1v) is 8.73. The van der Waals surface area contributed by atoms with Gasteiger partial charge in [0, 0.05) is 30.7 Å². The number of nitrogens with one attached hydrogen (secondary N) is 1. The number of aromatic nitrogens is 1. The second-order valence-electron chi connectivity index (χ2n) is 6.26. The Balaban J connectivity index is 1.75. The fourth-order valence-corrected chi connectivity index (χ4v) is 2.99. The third-order valence-electron chi connectivity index (χ3n) is 4.44. The first kappa shape index (κ1) is 19.4. The number of nitrogen functional groups attached to an aromatic ring is 1. The van der Waals surface area contributed by atoms with E-state index >= 15 is 0 Å². The molecule has 1 aromatic heterocycles. The largest absolute Gasteiger partial charge is 0.464 e. The summed E-state index contributed by atoms with van der Waals surface area (Å²) >= 11 is 0. The van der Waals surface area contributed by atoms with Gasteiger partial charge in [0.2, 0.25) is 5.91 Å². The Morgan fingerprint density at radius 2 is 1.96 bits per heavy atom. The minimum absolute atomic E-state index is 0.0669. The van der Waals surface area contributed by atoms with Crippen LogP contribution < -0.4 is 11.1 Å². The summed E-state index contributed by atoms with van der Waals surface area (Å²) < 4.78 is 11.5. The molecule has 9 nitrogen and oxygen atoms in total. The van der Waals surface area contributed by atoms with Crippen molar-refractivity contribution >= 4 is 23.3 Å². The van der Waals surface area contributed by atoms with Crippen LogP contribution in [0.3, 0.4) is 0 Å². The van der Waals surface area contributed by atoms with Crippen LogP contribution in [-0.2, 0) is 14.3 Å². The summed E-state index contributed by atoms with van der Waals surface area (Å²) in [6, 6.07) is 8.83. The third kappa shape index (κ3) is 4.14. The van der Waals surface area contributed by atoms with E-state index in [1.807, 2.05) is 11.0 Å². The number of rotatable bonds is 5. The second kappa shape index (κ2) is 8.56. The Hall–Kier alpha value is -3.35. The zero-order chi connectivity index (χ0) is 20.1. The number of carbonyl (C=O) groups excluding carboxylic acids is 2. The smallest absolute Gasteiger partial charge is 0.357 e. The molecule has 0 unspecified atom stereocenters. The van der Waals surface area contributed by atoms with E-state index in [1.165, 1.54) is 17.9 Å². The van der Waals surface area contributed by atoms with Crippen molar-refractivity contribution < 1.29 is 19.1 Å². The summed E-state index contributed by atoms with van der Waals surface area (Å²) in [5.74, 6) is -0.747. The summed E-state index contributed by atoms with van der Waals surface area (Å²) in [4.78, 5) is 26.3. The van der Waals surface area contributed by atoms with Gasteiger partial charge < -0.3 is 25.1 Å². The van der Waals surface area contributed by atoms with Crippen LogP contribution in [0.15, 0.2) is 30.5 Å². The van der Waals surface area contributed by atoms with Crippen molar-refractivity contribution in [3.8, 4) is 11.8 Å². The number of ether oxygens (including phenoxy) is 2. The first-order chi connectivity index (χ1) is 13.5. The number of esters is 1. The average molecular weight is 383 g/mol. The molecule has 1 aliphatic rings. The number of hydrogen-bond donors (Lipinski definition) is 2. The number of nitrogens with zero attached hydrogens (tertiary/aromatic N) is 3. The van der Waals surface area contributed by atoms with Crippen LogP contribution in [0.2, 0.25) is 0 Å². The van der Waals surface area contributed by atoms with Crippen LogP contribution in [0.25, 0.3) is 5.69 Å². The maximum Gasteiger partial charge on any atom is 0.357 e. The number of anilines is 2. The molecule has 1 aliphatic heterocycles. The minimum Gasteiger partial charge on any atom is -0.464 e. The van der Waals surface area contributed by atoms with Crippen LogP contribution >= 0.6 is 0 Å². The summed E-state index contributed by atoms with van der Waals surface area (Å²) in [5.41, 5.74) is 7.47. The number of benzene rings is 1. The summed E-state index contributed by atoms with van der Waals surface area (Å²) in [6.45, 7) is 3.04. The normalized spacial score (nSPS) is 14.3. The molecule has 0 bridgehead atoms. The van der Waals surface area contributed by atoms with E-state index < -0.39 is 5.97 Å². The van der Waals surface area contributed by atoms with Gasteiger partial charge >= 0.3 is 5.97 Å². The van der Waals surface area contributed by atoms with Gasteiger partial charge in [-0.2, -0.15) is 5.26 Å². The number of amides is 1. The lowest BCUT2D eigenvalue weighted by Crippen LogP contribution is -2.41. The van der Waals surface area contributed by atoms with Crippen LogP contribution in [0, 0.1) is 11.3 Å². The SMILES string of the molecule is COC(=O)c1c(N)c(C#N)cn1-c1ccc(NC(=O)CN2CCOCC2)cc1. The Bertz CT molecular complexity index is 908. The highest BCUT2D eigenvalue weighted by Gasteiger charge is 2.21. The molecule has 1 fully saturated rings. The van der Waals surface area contributed by atoms with Crippen LogP contribution in [-0.4, -0.2) is 61.3 Å². The van der Waals surface area contributed by atoms with E-state index in [2.05, 4.69) is 5.32 Å². The molecule has 2 heterocycles. The van der Waals surface area contributed by atoms with Crippen molar-refractivity contribution in [2.75, 3.05) is 51.0 Å². The maximum atomic E-state index is 12.2. The van der Waals surface area contributed by atoms with E-state index in [9.17, 15) is 14.9 Å². The number of nitriles is 1. The molecule has 28 heavy (non-hydrogen) atoms. The molecule has 3 rings (SSSR count). The monoisotopic (exact) mass is 383 g/mol. The van der Waals surface area contributed by atoms with E-state index in [4.69, 9.17) is 15.2 Å². The fraction of sp³-hybridized carbons (Fsp3) is 0.316. The highest BCUT2D eigenvalue weighted by atomic mass is 16.5. The van der Waals surface area contributed by atoms with Crippen LogP contribution in [0.1, 0.15) is 16.1 Å². The zero-order valence-electron chi connectivity index (χ0n) is 15.5. The molecule has 1 saturated heterocycles. The van der Waals surface area contributed by atoms with E-state index in [1.54, 1.807) is 24.3 Å². The van der Waals surface area contributed by atoms with Crippen LogP contribution in [0.4, 0.5) is 11.4 Å². The topological polar surface area (TPSA) is 123 Å². The highest BCUT2D eigenvalue weighted by molar-refractivity contribution is 5.96. The number of carbonyl (C=O) groups is 2. The van der Waals surface area contributed by atoms with Gasteiger partial charge in [-0.3, -0.25) is 9.69 Å². The van der Waals surface area contributed by atoms with Gasteiger partial charge in [0.05, 0.1) is 38.1 Å². The molecule has 1 aromatic carbocycles. The van der Waals surface area contributed by atoms with Crippen molar-refractivity contribution in [3.63, 3.8) is 0 Å². The Kier molecular flexibility index (Phi) is 5.93. The van der Waals surface area contributed by atoms with E-state index in [-0.39, 0.29) is 22.9 Å². The van der Waals surface area contributed by atoms with Crippen molar-refractivity contribution in [1.82, 2.24) is 9.47 Å². The van der Waals surface area contributed by atoms with Crippen molar-refractivity contribution in [2.45, 2.75) is 0 Å². The summed E-state index contributed by atoms with van der Waals surface area (Å²) in [5, 5.41) is 12.0. The maximum absolute atomic E-state index is 12.2. The van der Waals surface area contributed by atoms with Crippen LogP contribution in [0.5, 0.6) is 0 Å². The quantitative estimate of drug-likeness (QED) is 0.738. The Morgan fingerprint density at radius 3 is 2.57 bits per heavy atom. The predicted octanol–water partition coefficient (Wildman–Crippen LogP) is 0.988. The number of nitrogens with two attached hydrogens (primary N) is 1. The van der Waals surface area contributed by atoms with E-state index in [0.29, 0.717) is 31.1 Å².